The zero-order valence-electron chi connectivity index (χ0n) is 16.0. The number of carbonyl (C=O) groups excluding carboxylic acids is 2. The molecule has 28 heavy (non-hydrogen) atoms. The molecule has 0 spiro atoms. The van der Waals surface area contributed by atoms with Gasteiger partial charge in [0.1, 0.15) is 13.2 Å². The molecule has 3 aliphatic rings. The van der Waals surface area contributed by atoms with Crippen molar-refractivity contribution in [3.63, 3.8) is 0 Å². The van der Waals surface area contributed by atoms with Gasteiger partial charge in [-0.2, -0.15) is 0 Å². The molecule has 1 atom stereocenters. The summed E-state index contributed by atoms with van der Waals surface area (Å²) in [5.74, 6) is 1.35. The van der Waals surface area contributed by atoms with E-state index in [9.17, 15) is 9.59 Å². The van der Waals surface area contributed by atoms with Crippen LogP contribution in [0.15, 0.2) is 29.8 Å². The summed E-state index contributed by atoms with van der Waals surface area (Å²) in [4.78, 5) is 26.3. The first-order chi connectivity index (χ1) is 13.7. The molecule has 1 aromatic carbocycles. The van der Waals surface area contributed by atoms with Crippen molar-refractivity contribution in [2.45, 2.75) is 44.6 Å². The summed E-state index contributed by atoms with van der Waals surface area (Å²) in [6.45, 7) is 2.13. The fraction of sp³-hybridized carbons (Fsp3) is 0.524. The number of urea groups is 1. The van der Waals surface area contributed by atoms with Crippen LogP contribution in [0.3, 0.4) is 0 Å². The van der Waals surface area contributed by atoms with Crippen molar-refractivity contribution < 1.29 is 19.1 Å². The average Bonchev–Trinajstić information content (AvgIpc) is 3.08. The van der Waals surface area contributed by atoms with Crippen LogP contribution in [-0.4, -0.2) is 44.3 Å². The number of fused-ring (bicyclic) bond motifs is 1. The summed E-state index contributed by atoms with van der Waals surface area (Å²) in [5, 5.41) is 5.83. The number of nitrogens with one attached hydrogen (secondary N) is 2. The van der Waals surface area contributed by atoms with E-state index in [2.05, 4.69) is 16.7 Å². The van der Waals surface area contributed by atoms with Gasteiger partial charge in [0.2, 0.25) is 5.91 Å². The number of rotatable bonds is 5. The molecular formula is C21H27N3O4. The summed E-state index contributed by atoms with van der Waals surface area (Å²) < 4.78 is 11.1. The van der Waals surface area contributed by atoms with Gasteiger partial charge in [-0.15, -0.1) is 0 Å². The topological polar surface area (TPSA) is 79.9 Å². The molecule has 1 fully saturated rings. The zero-order chi connectivity index (χ0) is 19.3. The van der Waals surface area contributed by atoms with Crippen molar-refractivity contribution in [1.29, 1.82) is 0 Å². The number of allylic oxidation sites excluding steroid dienone is 1. The van der Waals surface area contributed by atoms with E-state index in [4.69, 9.17) is 9.47 Å². The Morgan fingerprint density at radius 1 is 1.18 bits per heavy atom. The molecule has 1 unspecified atom stereocenters. The molecule has 0 saturated carbocycles. The van der Waals surface area contributed by atoms with Gasteiger partial charge < -0.3 is 25.0 Å². The molecule has 7 heteroatoms. The number of amides is 3. The van der Waals surface area contributed by atoms with Gasteiger partial charge in [0.25, 0.3) is 0 Å². The molecule has 1 saturated heterocycles. The number of anilines is 1. The monoisotopic (exact) mass is 385 g/mol. The Labute approximate surface area is 165 Å². The summed E-state index contributed by atoms with van der Waals surface area (Å²) in [5.41, 5.74) is 2.20. The van der Waals surface area contributed by atoms with Crippen LogP contribution < -0.4 is 25.0 Å². The highest BCUT2D eigenvalue weighted by atomic mass is 16.6. The van der Waals surface area contributed by atoms with E-state index in [0.717, 1.165) is 24.9 Å². The molecule has 4 rings (SSSR count). The highest BCUT2D eigenvalue weighted by molar-refractivity contribution is 5.97. The second kappa shape index (κ2) is 8.54. The first-order valence-electron chi connectivity index (χ1n) is 10.1. The molecule has 2 heterocycles. The van der Waals surface area contributed by atoms with Crippen molar-refractivity contribution >= 4 is 17.6 Å². The minimum Gasteiger partial charge on any atom is -0.486 e. The maximum Gasteiger partial charge on any atom is 0.315 e. The lowest BCUT2D eigenvalue weighted by Crippen LogP contribution is -2.43. The van der Waals surface area contributed by atoms with Gasteiger partial charge in [-0.3, -0.25) is 4.79 Å². The van der Waals surface area contributed by atoms with E-state index in [1.807, 2.05) is 18.2 Å². The van der Waals surface area contributed by atoms with Crippen molar-refractivity contribution in [3.05, 3.63) is 29.8 Å². The molecule has 0 radical (unpaired) electrons. The minimum atomic E-state index is -0.210. The highest BCUT2D eigenvalue weighted by Crippen LogP contribution is 2.35. The summed E-state index contributed by atoms with van der Waals surface area (Å²) in [6.07, 6.45) is 8.31. The first-order valence-corrected chi connectivity index (χ1v) is 10.1. The zero-order valence-corrected chi connectivity index (χ0v) is 16.0. The third-order valence-corrected chi connectivity index (χ3v) is 5.41. The second-order valence-electron chi connectivity index (χ2n) is 7.49. The lowest BCUT2D eigenvalue weighted by atomic mass is 9.97. The van der Waals surface area contributed by atoms with Crippen LogP contribution in [0.4, 0.5) is 10.5 Å². The van der Waals surface area contributed by atoms with Crippen LogP contribution in [0, 0.1) is 0 Å². The number of benzene rings is 1. The largest absolute Gasteiger partial charge is 0.486 e. The fourth-order valence-corrected chi connectivity index (χ4v) is 3.96. The van der Waals surface area contributed by atoms with Crippen molar-refractivity contribution in [2.24, 2.45) is 0 Å². The van der Waals surface area contributed by atoms with Gasteiger partial charge in [0, 0.05) is 31.3 Å². The molecule has 1 aliphatic carbocycles. The molecule has 2 aliphatic heterocycles. The van der Waals surface area contributed by atoms with Crippen LogP contribution in [0.5, 0.6) is 11.5 Å². The molecule has 3 amide bonds. The Bertz CT molecular complexity index is 777. The van der Waals surface area contributed by atoms with Crippen molar-refractivity contribution in [1.82, 2.24) is 10.6 Å². The number of carbonyl (C=O) groups is 2. The van der Waals surface area contributed by atoms with Crippen molar-refractivity contribution in [3.8, 4) is 11.5 Å². The quantitative estimate of drug-likeness (QED) is 0.764. The number of ether oxygens (including phenoxy) is 2. The molecule has 1 aromatic rings. The van der Waals surface area contributed by atoms with E-state index < -0.39 is 0 Å². The Balaban J connectivity index is 1.27. The van der Waals surface area contributed by atoms with Gasteiger partial charge in [0.05, 0.1) is 6.04 Å². The van der Waals surface area contributed by atoms with Crippen LogP contribution in [0.1, 0.15) is 38.5 Å². The van der Waals surface area contributed by atoms with E-state index >= 15 is 0 Å². The highest BCUT2D eigenvalue weighted by Gasteiger charge is 2.32. The Kier molecular flexibility index (Phi) is 5.69. The Hall–Kier alpha value is -2.70. The SMILES string of the molecule is O=C(NCCC1=CCCCC1)NC1CC(=O)N(c2ccc3c(c2)OCCO3)C1. The molecule has 7 nitrogen and oxygen atoms in total. The second-order valence-corrected chi connectivity index (χ2v) is 7.49. The number of hydrogen-bond donors (Lipinski definition) is 2. The predicted octanol–water partition coefficient (Wildman–Crippen LogP) is 2.75. The van der Waals surface area contributed by atoms with Crippen molar-refractivity contribution in [2.75, 3.05) is 31.2 Å². The first kappa shape index (κ1) is 18.7. The van der Waals surface area contributed by atoms with E-state index in [-0.39, 0.29) is 18.0 Å². The van der Waals surface area contributed by atoms with E-state index in [1.165, 1.54) is 18.4 Å². The third-order valence-electron chi connectivity index (χ3n) is 5.41. The van der Waals surface area contributed by atoms with Gasteiger partial charge in [-0.05, 0) is 44.2 Å². The van der Waals surface area contributed by atoms with Crippen LogP contribution in [-0.2, 0) is 4.79 Å². The predicted molar refractivity (Wildman–Crippen MR) is 106 cm³/mol. The third kappa shape index (κ3) is 4.40. The van der Waals surface area contributed by atoms with Gasteiger partial charge in [0.15, 0.2) is 11.5 Å². The lowest BCUT2D eigenvalue weighted by molar-refractivity contribution is -0.117. The van der Waals surface area contributed by atoms with E-state index in [0.29, 0.717) is 44.2 Å². The molecule has 150 valence electrons. The maximum atomic E-state index is 12.4. The van der Waals surface area contributed by atoms with Gasteiger partial charge in [-0.1, -0.05) is 11.6 Å². The smallest absolute Gasteiger partial charge is 0.315 e. The lowest BCUT2D eigenvalue weighted by Gasteiger charge is -2.22. The number of hydrogen-bond acceptors (Lipinski definition) is 4. The summed E-state index contributed by atoms with van der Waals surface area (Å²) >= 11 is 0. The van der Waals surface area contributed by atoms with Crippen LogP contribution in [0.2, 0.25) is 0 Å². The summed E-state index contributed by atoms with van der Waals surface area (Å²) in [7, 11) is 0. The van der Waals surface area contributed by atoms with Crippen LogP contribution in [0.25, 0.3) is 0 Å². The van der Waals surface area contributed by atoms with Gasteiger partial charge >= 0.3 is 6.03 Å². The summed E-state index contributed by atoms with van der Waals surface area (Å²) in [6, 6.07) is 5.09. The number of nitrogens with zero attached hydrogens (tertiary/aromatic N) is 1. The molecule has 0 aromatic heterocycles. The van der Waals surface area contributed by atoms with Crippen LogP contribution >= 0.6 is 0 Å². The standard InChI is InChI=1S/C21H27N3O4/c25-20-12-16(23-21(26)22-9-8-15-4-2-1-3-5-15)14-24(20)17-6-7-18-19(13-17)28-11-10-27-18/h4,6-7,13,16H,1-3,5,8-12,14H2,(H2,22,23,26). The maximum absolute atomic E-state index is 12.4. The molecule has 2 N–H and O–H groups in total. The Morgan fingerprint density at radius 2 is 2.04 bits per heavy atom. The average molecular weight is 385 g/mol. The normalized spacial score (nSPS) is 21.3. The fourth-order valence-electron chi connectivity index (χ4n) is 3.96. The molecular weight excluding hydrogens is 358 g/mol. The minimum absolute atomic E-state index is 0.00524. The van der Waals surface area contributed by atoms with Gasteiger partial charge in [-0.25, -0.2) is 4.79 Å². The van der Waals surface area contributed by atoms with E-state index in [1.54, 1.807) is 4.90 Å². The molecule has 0 bridgehead atoms. The Morgan fingerprint density at radius 3 is 2.86 bits per heavy atom.